The maximum absolute atomic E-state index is 3.62. The highest BCUT2D eigenvalue weighted by Gasteiger charge is 2.22. The summed E-state index contributed by atoms with van der Waals surface area (Å²) in [6, 6.07) is 0. The molecule has 0 aliphatic rings. The predicted octanol–water partition coefficient (Wildman–Crippen LogP) is 5.01. The SMILES string of the molecule is CCCCCCC(CBr)C(C)(C)C. The van der Waals surface area contributed by atoms with Crippen LogP contribution in [0.3, 0.4) is 0 Å². The fourth-order valence-corrected chi connectivity index (χ4v) is 2.85. The molecule has 0 radical (unpaired) electrons. The maximum Gasteiger partial charge on any atom is 0.00646 e. The van der Waals surface area contributed by atoms with Crippen molar-refractivity contribution >= 4 is 15.9 Å². The molecule has 0 bridgehead atoms. The van der Waals surface area contributed by atoms with E-state index >= 15 is 0 Å². The highest BCUT2D eigenvalue weighted by atomic mass is 79.9. The molecule has 0 nitrogen and oxygen atoms in total. The Hall–Kier alpha value is 0.480. The lowest BCUT2D eigenvalue weighted by atomic mass is 9.79. The lowest BCUT2D eigenvalue weighted by molar-refractivity contribution is 0.247. The lowest BCUT2D eigenvalue weighted by Gasteiger charge is -2.29. The summed E-state index contributed by atoms with van der Waals surface area (Å²) in [5, 5.41) is 1.16. The Labute approximate surface area is 92.6 Å². The zero-order valence-electron chi connectivity index (χ0n) is 9.70. The van der Waals surface area contributed by atoms with Gasteiger partial charge in [-0.1, -0.05) is 69.3 Å². The molecule has 0 saturated carbocycles. The molecule has 0 amide bonds. The molecule has 0 aliphatic carbocycles. The summed E-state index contributed by atoms with van der Waals surface area (Å²) in [5.41, 5.74) is 0.468. The summed E-state index contributed by atoms with van der Waals surface area (Å²) in [5.74, 6) is 0.837. The summed E-state index contributed by atoms with van der Waals surface area (Å²) in [6.07, 6.45) is 6.94. The van der Waals surface area contributed by atoms with Gasteiger partial charge in [-0.25, -0.2) is 0 Å². The zero-order valence-corrected chi connectivity index (χ0v) is 11.3. The normalized spacial score (nSPS) is 14.5. The summed E-state index contributed by atoms with van der Waals surface area (Å²) < 4.78 is 0. The smallest absolute Gasteiger partial charge is 0.00646 e. The van der Waals surface area contributed by atoms with E-state index in [0.29, 0.717) is 5.41 Å². The Balaban J connectivity index is 3.61. The van der Waals surface area contributed by atoms with E-state index in [4.69, 9.17) is 0 Å². The molecule has 13 heavy (non-hydrogen) atoms. The molecule has 0 heterocycles. The quantitative estimate of drug-likeness (QED) is 0.458. The Morgan fingerprint density at radius 3 is 2.08 bits per heavy atom. The monoisotopic (exact) mass is 248 g/mol. The van der Waals surface area contributed by atoms with E-state index in [1.807, 2.05) is 0 Å². The summed E-state index contributed by atoms with van der Waals surface area (Å²) in [4.78, 5) is 0. The van der Waals surface area contributed by atoms with Gasteiger partial charge in [0.05, 0.1) is 0 Å². The van der Waals surface area contributed by atoms with E-state index in [0.717, 1.165) is 11.2 Å². The van der Waals surface area contributed by atoms with Gasteiger partial charge >= 0.3 is 0 Å². The summed E-state index contributed by atoms with van der Waals surface area (Å²) in [7, 11) is 0. The Morgan fingerprint density at radius 2 is 1.69 bits per heavy atom. The van der Waals surface area contributed by atoms with Crippen molar-refractivity contribution in [3.05, 3.63) is 0 Å². The molecule has 1 atom stereocenters. The topological polar surface area (TPSA) is 0 Å². The second-order valence-corrected chi connectivity index (χ2v) is 5.71. The minimum atomic E-state index is 0.468. The molecule has 0 rings (SSSR count). The minimum Gasteiger partial charge on any atom is -0.0925 e. The van der Waals surface area contributed by atoms with Gasteiger partial charge in [0.2, 0.25) is 0 Å². The first-order valence-corrected chi connectivity index (χ1v) is 6.70. The molecule has 0 saturated heterocycles. The van der Waals surface area contributed by atoms with Gasteiger partial charge in [0.1, 0.15) is 0 Å². The standard InChI is InChI=1S/C12H25Br/c1-5-6-7-8-9-11(10-13)12(2,3)4/h11H,5-10H2,1-4H3. The lowest BCUT2D eigenvalue weighted by Crippen LogP contribution is -2.21. The number of hydrogen-bond donors (Lipinski definition) is 0. The molecule has 0 aliphatic heterocycles. The zero-order chi connectivity index (χ0) is 10.3. The van der Waals surface area contributed by atoms with Crippen LogP contribution in [-0.4, -0.2) is 5.33 Å². The van der Waals surface area contributed by atoms with E-state index in [9.17, 15) is 0 Å². The first-order chi connectivity index (χ1) is 6.02. The first kappa shape index (κ1) is 13.5. The molecule has 80 valence electrons. The summed E-state index contributed by atoms with van der Waals surface area (Å²) in [6.45, 7) is 9.31. The van der Waals surface area contributed by atoms with Crippen LogP contribution in [0.2, 0.25) is 0 Å². The molecule has 0 fully saturated rings. The van der Waals surface area contributed by atoms with Crippen molar-refractivity contribution in [2.24, 2.45) is 11.3 Å². The van der Waals surface area contributed by atoms with Gasteiger partial charge in [-0.3, -0.25) is 0 Å². The van der Waals surface area contributed by atoms with Gasteiger partial charge in [0.25, 0.3) is 0 Å². The average Bonchev–Trinajstić information content (AvgIpc) is 2.02. The molecule has 1 heteroatoms. The van der Waals surface area contributed by atoms with Crippen LogP contribution in [0.25, 0.3) is 0 Å². The van der Waals surface area contributed by atoms with E-state index in [1.54, 1.807) is 0 Å². The molecule has 0 aromatic carbocycles. The van der Waals surface area contributed by atoms with Gasteiger partial charge in [-0.05, 0) is 17.8 Å². The van der Waals surface area contributed by atoms with Crippen LogP contribution in [0, 0.1) is 11.3 Å². The van der Waals surface area contributed by atoms with Crippen molar-refractivity contribution in [3.63, 3.8) is 0 Å². The molecule has 0 spiro atoms. The van der Waals surface area contributed by atoms with Crippen molar-refractivity contribution in [3.8, 4) is 0 Å². The summed E-state index contributed by atoms with van der Waals surface area (Å²) >= 11 is 3.62. The predicted molar refractivity (Wildman–Crippen MR) is 65.5 cm³/mol. The van der Waals surface area contributed by atoms with Crippen molar-refractivity contribution in [1.29, 1.82) is 0 Å². The minimum absolute atomic E-state index is 0.468. The third-order valence-corrected chi connectivity index (χ3v) is 3.60. The molecular weight excluding hydrogens is 224 g/mol. The van der Waals surface area contributed by atoms with Gasteiger partial charge in [-0.2, -0.15) is 0 Å². The fraction of sp³-hybridized carbons (Fsp3) is 1.00. The van der Waals surface area contributed by atoms with Crippen molar-refractivity contribution in [1.82, 2.24) is 0 Å². The van der Waals surface area contributed by atoms with E-state index in [-0.39, 0.29) is 0 Å². The molecule has 0 aromatic heterocycles. The largest absolute Gasteiger partial charge is 0.0925 e. The number of alkyl halides is 1. The molecule has 0 aromatic rings. The van der Waals surface area contributed by atoms with Crippen LogP contribution >= 0.6 is 15.9 Å². The highest BCUT2D eigenvalue weighted by molar-refractivity contribution is 9.09. The van der Waals surface area contributed by atoms with E-state index in [1.165, 1.54) is 32.1 Å². The van der Waals surface area contributed by atoms with Gasteiger partial charge in [-0.15, -0.1) is 0 Å². The van der Waals surface area contributed by atoms with Crippen LogP contribution in [0.1, 0.15) is 59.8 Å². The van der Waals surface area contributed by atoms with Crippen LogP contribution in [0.4, 0.5) is 0 Å². The molecule has 0 N–H and O–H groups in total. The number of unbranched alkanes of at least 4 members (excludes halogenated alkanes) is 3. The Bertz CT molecular complexity index is 113. The molecule has 1 unspecified atom stereocenters. The number of hydrogen-bond acceptors (Lipinski definition) is 0. The maximum atomic E-state index is 3.62. The third-order valence-electron chi connectivity index (χ3n) is 2.82. The van der Waals surface area contributed by atoms with Crippen LogP contribution in [0.15, 0.2) is 0 Å². The van der Waals surface area contributed by atoms with Crippen molar-refractivity contribution in [2.45, 2.75) is 59.8 Å². The Kier molecular flexibility index (Phi) is 7.12. The first-order valence-electron chi connectivity index (χ1n) is 5.58. The van der Waals surface area contributed by atoms with E-state index < -0.39 is 0 Å². The fourth-order valence-electron chi connectivity index (χ4n) is 1.56. The Morgan fingerprint density at radius 1 is 1.08 bits per heavy atom. The molecular formula is C12H25Br. The average molecular weight is 249 g/mol. The van der Waals surface area contributed by atoms with Gasteiger partial charge in [0.15, 0.2) is 0 Å². The van der Waals surface area contributed by atoms with Gasteiger partial charge < -0.3 is 0 Å². The number of halogens is 1. The highest BCUT2D eigenvalue weighted by Crippen LogP contribution is 2.31. The third kappa shape index (κ3) is 6.54. The number of rotatable bonds is 6. The van der Waals surface area contributed by atoms with Crippen molar-refractivity contribution in [2.75, 3.05) is 5.33 Å². The van der Waals surface area contributed by atoms with Crippen LogP contribution in [0.5, 0.6) is 0 Å². The van der Waals surface area contributed by atoms with Crippen LogP contribution in [-0.2, 0) is 0 Å². The second kappa shape index (κ2) is 6.86. The van der Waals surface area contributed by atoms with Crippen LogP contribution < -0.4 is 0 Å². The van der Waals surface area contributed by atoms with E-state index in [2.05, 4.69) is 43.6 Å². The van der Waals surface area contributed by atoms with Gasteiger partial charge in [0, 0.05) is 5.33 Å². The second-order valence-electron chi connectivity index (χ2n) is 5.07. The van der Waals surface area contributed by atoms with Crippen molar-refractivity contribution < 1.29 is 0 Å².